The third kappa shape index (κ3) is 10.4. The molecule has 1 saturated heterocycles. The number of methoxy groups -OCH3 is 1. The molecule has 50 heavy (non-hydrogen) atoms. The number of amides is 3. The molecular weight excluding hydrogens is 630 g/mol. The number of benzene rings is 4. The van der Waals surface area contributed by atoms with E-state index in [0.717, 1.165) is 48.4 Å². The fourth-order valence-electron chi connectivity index (χ4n) is 5.99. The molecule has 262 valence electrons. The fraction of sp³-hybridized carbons (Fsp3) is 0.325. The number of nitrogens with one attached hydrogen (secondary N) is 3. The maximum atomic E-state index is 13.4. The van der Waals surface area contributed by atoms with E-state index in [1.54, 1.807) is 36.3 Å². The van der Waals surface area contributed by atoms with E-state index < -0.39 is 6.09 Å². The van der Waals surface area contributed by atoms with Crippen LogP contribution >= 0.6 is 0 Å². The van der Waals surface area contributed by atoms with Gasteiger partial charge in [-0.25, -0.2) is 4.79 Å². The lowest BCUT2D eigenvalue weighted by Gasteiger charge is -2.33. The van der Waals surface area contributed by atoms with Gasteiger partial charge in [-0.05, 0) is 67.3 Å². The second-order valence-electron chi connectivity index (χ2n) is 12.2. The molecule has 0 spiro atoms. The van der Waals surface area contributed by atoms with Gasteiger partial charge >= 0.3 is 6.09 Å². The number of hydrogen-bond donors (Lipinski definition) is 3. The van der Waals surface area contributed by atoms with Crippen molar-refractivity contribution in [2.24, 2.45) is 0 Å². The van der Waals surface area contributed by atoms with E-state index in [9.17, 15) is 14.4 Å². The van der Waals surface area contributed by atoms with E-state index in [4.69, 9.17) is 9.47 Å². The van der Waals surface area contributed by atoms with Crippen molar-refractivity contribution in [3.63, 3.8) is 0 Å². The first kappa shape index (κ1) is 36.1. The highest BCUT2D eigenvalue weighted by atomic mass is 16.6. The number of para-hydroxylation sites is 1. The lowest BCUT2D eigenvalue weighted by molar-refractivity contribution is 0.0526. The molecule has 4 aromatic carbocycles. The van der Waals surface area contributed by atoms with Gasteiger partial charge < -0.3 is 29.9 Å². The molecule has 1 fully saturated rings. The van der Waals surface area contributed by atoms with E-state index in [1.165, 1.54) is 0 Å². The molecule has 10 nitrogen and oxygen atoms in total. The van der Waals surface area contributed by atoms with Gasteiger partial charge in [0.05, 0.1) is 12.8 Å². The highest BCUT2D eigenvalue weighted by molar-refractivity contribution is 5.99. The Morgan fingerprint density at radius 1 is 0.840 bits per heavy atom. The van der Waals surface area contributed by atoms with Crippen LogP contribution in [0, 0.1) is 0 Å². The van der Waals surface area contributed by atoms with Gasteiger partial charge in [-0.1, -0.05) is 66.7 Å². The Labute approximate surface area is 294 Å². The van der Waals surface area contributed by atoms with Crippen LogP contribution in [0.25, 0.3) is 11.1 Å². The predicted molar refractivity (Wildman–Crippen MR) is 196 cm³/mol. The summed E-state index contributed by atoms with van der Waals surface area (Å²) in [7, 11) is 1.64. The maximum Gasteiger partial charge on any atom is 0.411 e. The Hall–Kier alpha value is -5.19. The zero-order chi connectivity index (χ0) is 35.1. The van der Waals surface area contributed by atoms with Crippen molar-refractivity contribution in [2.45, 2.75) is 32.4 Å². The minimum atomic E-state index is -0.452. The zero-order valence-corrected chi connectivity index (χ0v) is 28.9. The Morgan fingerprint density at radius 3 is 2.30 bits per heavy atom. The summed E-state index contributed by atoms with van der Waals surface area (Å²) < 4.78 is 11.0. The molecule has 0 aromatic heterocycles. The fourth-order valence-corrected chi connectivity index (χ4v) is 5.99. The number of anilines is 1. The molecule has 10 heteroatoms. The van der Waals surface area contributed by atoms with Gasteiger partial charge in [0.2, 0.25) is 0 Å². The number of likely N-dealkylation sites (tertiary alicyclic amines) is 1. The summed E-state index contributed by atoms with van der Waals surface area (Å²) in [5.74, 6) is 0.499. The van der Waals surface area contributed by atoms with Gasteiger partial charge in [0, 0.05) is 69.0 Å². The van der Waals surface area contributed by atoms with Crippen LogP contribution in [0.2, 0.25) is 0 Å². The number of likely N-dealkylation sites (N-methyl/N-ethyl adjacent to an activating group) is 1. The molecule has 1 heterocycles. The number of rotatable bonds is 15. The summed E-state index contributed by atoms with van der Waals surface area (Å²) in [6, 6.07) is 32.4. The van der Waals surface area contributed by atoms with Crippen LogP contribution in [0.15, 0.2) is 103 Å². The third-order valence-electron chi connectivity index (χ3n) is 8.86. The van der Waals surface area contributed by atoms with Gasteiger partial charge in [0.1, 0.15) is 11.9 Å². The number of carbonyl (C=O) groups is 3. The number of carbonyl (C=O) groups excluding carboxylic acids is 3. The molecule has 3 N–H and O–H groups in total. The van der Waals surface area contributed by atoms with E-state index in [0.29, 0.717) is 56.1 Å². The lowest BCUT2D eigenvalue weighted by atomic mass is 10.0. The van der Waals surface area contributed by atoms with Crippen LogP contribution in [0.3, 0.4) is 0 Å². The molecule has 1 aliphatic rings. The van der Waals surface area contributed by atoms with Crippen LogP contribution in [-0.4, -0.2) is 86.7 Å². The van der Waals surface area contributed by atoms with E-state index in [1.807, 2.05) is 85.8 Å². The number of piperidine rings is 1. The van der Waals surface area contributed by atoms with Crippen molar-refractivity contribution in [3.8, 4) is 16.9 Å². The monoisotopic (exact) mass is 677 g/mol. The molecule has 0 radical (unpaired) electrons. The summed E-state index contributed by atoms with van der Waals surface area (Å²) in [5.41, 5.74) is 4.75. The summed E-state index contributed by atoms with van der Waals surface area (Å²) >= 11 is 0. The Balaban J connectivity index is 1.02. The highest BCUT2D eigenvalue weighted by Gasteiger charge is 2.24. The van der Waals surface area contributed by atoms with Crippen molar-refractivity contribution in [2.75, 3.05) is 58.2 Å². The van der Waals surface area contributed by atoms with E-state index >= 15 is 0 Å². The summed E-state index contributed by atoms with van der Waals surface area (Å²) in [4.78, 5) is 43.2. The first-order valence-corrected chi connectivity index (χ1v) is 17.3. The van der Waals surface area contributed by atoms with E-state index in [2.05, 4.69) is 20.9 Å². The Kier molecular flexibility index (Phi) is 13.4. The van der Waals surface area contributed by atoms with Crippen LogP contribution < -0.4 is 20.7 Å². The minimum Gasteiger partial charge on any atom is -0.497 e. The molecule has 0 bridgehead atoms. The Morgan fingerprint density at radius 2 is 1.56 bits per heavy atom. The van der Waals surface area contributed by atoms with Crippen LogP contribution in [0.1, 0.15) is 46.0 Å². The highest BCUT2D eigenvalue weighted by Crippen LogP contribution is 2.28. The SMILES string of the molecule is CCN(CCN1CCC(OC(=O)Nc2ccccc2-c2ccccc2)CC1)C(=O)c1cccc(C(=O)NCCNCc2ccc(OC)cc2)c1. The normalized spacial score (nSPS) is 13.3. The molecule has 0 saturated carbocycles. The largest absolute Gasteiger partial charge is 0.497 e. The molecule has 3 amide bonds. The summed E-state index contributed by atoms with van der Waals surface area (Å²) in [6.45, 7) is 7.10. The second kappa shape index (κ2) is 18.5. The Bertz CT molecular complexity index is 1690. The zero-order valence-electron chi connectivity index (χ0n) is 28.9. The maximum absolute atomic E-state index is 13.4. The van der Waals surface area contributed by atoms with Crippen molar-refractivity contribution < 1.29 is 23.9 Å². The molecule has 0 atom stereocenters. The van der Waals surface area contributed by atoms with Crippen LogP contribution in [0.4, 0.5) is 10.5 Å². The summed E-state index contributed by atoms with van der Waals surface area (Å²) in [5, 5.41) is 9.18. The molecule has 0 aliphatic carbocycles. The number of nitrogens with zero attached hydrogens (tertiary/aromatic N) is 2. The topological polar surface area (TPSA) is 112 Å². The van der Waals surface area contributed by atoms with E-state index in [-0.39, 0.29) is 17.9 Å². The molecule has 5 rings (SSSR count). The van der Waals surface area contributed by atoms with Crippen molar-refractivity contribution >= 4 is 23.6 Å². The number of ether oxygens (including phenoxy) is 2. The van der Waals surface area contributed by atoms with Crippen molar-refractivity contribution in [1.29, 1.82) is 0 Å². The quantitative estimate of drug-likeness (QED) is 0.131. The first-order valence-electron chi connectivity index (χ1n) is 17.3. The third-order valence-corrected chi connectivity index (χ3v) is 8.86. The summed E-state index contributed by atoms with van der Waals surface area (Å²) in [6.07, 6.45) is 0.827. The smallest absolute Gasteiger partial charge is 0.411 e. The standard InChI is InChI=1S/C40H47N5O5/c1-3-45(39(47)33-13-9-12-32(28-33)38(46)42-23-22-41-29-30-16-18-34(49-2)19-17-30)27-26-44-24-20-35(21-25-44)50-40(48)43-37-15-8-7-14-36(37)31-10-5-4-6-11-31/h4-19,28,35,41H,3,20-27,29H2,1-2H3,(H,42,46)(H,43,48). The average molecular weight is 678 g/mol. The lowest BCUT2D eigenvalue weighted by Crippen LogP contribution is -2.43. The predicted octanol–water partition coefficient (Wildman–Crippen LogP) is 6.06. The van der Waals surface area contributed by atoms with Gasteiger partial charge in [0.25, 0.3) is 11.8 Å². The molecular formula is C40H47N5O5. The van der Waals surface area contributed by atoms with Gasteiger partial charge in [-0.3, -0.25) is 14.9 Å². The van der Waals surface area contributed by atoms with Gasteiger partial charge in [0.15, 0.2) is 0 Å². The molecule has 0 unspecified atom stereocenters. The molecule has 4 aromatic rings. The average Bonchev–Trinajstić information content (AvgIpc) is 3.16. The second-order valence-corrected chi connectivity index (χ2v) is 12.2. The van der Waals surface area contributed by atoms with Crippen molar-refractivity contribution in [3.05, 3.63) is 120 Å². The van der Waals surface area contributed by atoms with Gasteiger partial charge in [-0.15, -0.1) is 0 Å². The van der Waals surface area contributed by atoms with Gasteiger partial charge in [-0.2, -0.15) is 0 Å². The minimum absolute atomic E-state index is 0.103. The van der Waals surface area contributed by atoms with Crippen LogP contribution in [-0.2, 0) is 11.3 Å². The first-order chi connectivity index (χ1) is 24.4. The molecule has 1 aliphatic heterocycles. The van der Waals surface area contributed by atoms with Crippen molar-refractivity contribution in [1.82, 2.24) is 20.4 Å². The number of hydrogen-bond acceptors (Lipinski definition) is 7. The van der Waals surface area contributed by atoms with Crippen LogP contribution in [0.5, 0.6) is 5.75 Å².